The third-order valence-electron chi connectivity index (χ3n) is 12.2. The number of benzene rings is 8. The van der Waals surface area contributed by atoms with Gasteiger partial charge >= 0.3 is 0 Å². The van der Waals surface area contributed by atoms with Gasteiger partial charge < -0.3 is 0 Å². The zero-order valence-electron chi connectivity index (χ0n) is 29.3. The lowest BCUT2D eigenvalue weighted by Crippen LogP contribution is -2.18. The van der Waals surface area contributed by atoms with Gasteiger partial charge in [0.1, 0.15) is 0 Å². The highest BCUT2D eigenvalue weighted by Gasteiger charge is 2.45. The lowest BCUT2D eigenvalue weighted by molar-refractivity contribution is 0.652. The summed E-state index contributed by atoms with van der Waals surface area (Å²) in [4.78, 5) is 0. The van der Waals surface area contributed by atoms with Gasteiger partial charge in [0.2, 0.25) is 0 Å². The number of thiophene rings is 1. The molecule has 0 aliphatic heterocycles. The normalized spacial score (nSPS) is 15.0. The summed E-state index contributed by atoms with van der Waals surface area (Å²) in [6.07, 6.45) is 0. The number of fused-ring (bicyclic) bond motifs is 12. The maximum Gasteiger partial charge on any atom is 0.0361 e. The van der Waals surface area contributed by atoms with Crippen LogP contribution in [-0.4, -0.2) is 0 Å². The Morgan fingerprint density at radius 3 is 1.53 bits per heavy atom. The van der Waals surface area contributed by atoms with Crippen LogP contribution in [0.1, 0.15) is 49.9 Å². The second-order valence-electron chi connectivity index (χ2n) is 15.6. The zero-order chi connectivity index (χ0) is 34.2. The van der Waals surface area contributed by atoms with Crippen LogP contribution >= 0.6 is 11.3 Å². The summed E-state index contributed by atoms with van der Waals surface area (Å²) in [6.45, 7) is 9.73. The van der Waals surface area contributed by atoms with Crippen LogP contribution in [0.3, 0.4) is 0 Å². The van der Waals surface area contributed by atoms with E-state index in [4.69, 9.17) is 0 Å². The van der Waals surface area contributed by atoms with E-state index >= 15 is 0 Å². The third kappa shape index (κ3) is 3.75. The zero-order valence-corrected chi connectivity index (χ0v) is 30.1. The average Bonchev–Trinajstić information content (AvgIpc) is 3.73. The van der Waals surface area contributed by atoms with Gasteiger partial charge in [-0.25, -0.2) is 0 Å². The SMILES string of the molecule is CC1(C)c2ccccc2-c2c1cc(-c1c3ccccc3c(-c3ccc4c(c3)sc3ccccc34)c3ccccc13)c1c2-c2ccccc2C1(C)C. The Morgan fingerprint density at radius 2 is 0.863 bits per heavy atom. The summed E-state index contributed by atoms with van der Waals surface area (Å²) in [5.41, 5.74) is 16.3. The van der Waals surface area contributed by atoms with Crippen LogP contribution in [0.4, 0.5) is 0 Å². The van der Waals surface area contributed by atoms with E-state index in [1.54, 1.807) is 0 Å². The van der Waals surface area contributed by atoms with E-state index in [0.29, 0.717) is 0 Å². The minimum absolute atomic E-state index is 0.122. The van der Waals surface area contributed by atoms with Crippen molar-refractivity contribution in [2.75, 3.05) is 0 Å². The molecule has 8 aromatic carbocycles. The molecule has 1 aromatic heterocycles. The standard InChI is InChI=1S/C50H36S/c1-49(2)39-22-12-9-20-36(39)46-41(49)28-38(48-47(46)37-21-10-13-23-40(37)50(48,3)4)45-34-18-7-5-16-32(34)44(33-17-6-8-19-35(33)45)29-25-26-31-30-15-11-14-24-42(30)51-43(31)27-29/h5-28H,1-4H3. The number of rotatable bonds is 2. The molecule has 0 unspecified atom stereocenters. The highest BCUT2D eigenvalue weighted by atomic mass is 32.1. The van der Waals surface area contributed by atoms with Crippen molar-refractivity contribution >= 4 is 53.1 Å². The fraction of sp³-hybridized carbons (Fsp3) is 0.120. The first-order chi connectivity index (χ1) is 24.8. The van der Waals surface area contributed by atoms with Gasteiger partial charge in [-0.1, -0.05) is 155 Å². The topological polar surface area (TPSA) is 0 Å². The maximum absolute atomic E-state index is 2.60. The molecule has 1 heterocycles. The molecule has 0 N–H and O–H groups in total. The molecule has 0 saturated heterocycles. The number of hydrogen-bond acceptors (Lipinski definition) is 1. The van der Waals surface area contributed by atoms with Crippen molar-refractivity contribution in [1.29, 1.82) is 0 Å². The summed E-state index contributed by atoms with van der Waals surface area (Å²) < 4.78 is 2.68. The molecular weight excluding hydrogens is 633 g/mol. The third-order valence-corrected chi connectivity index (χ3v) is 13.4. The summed E-state index contributed by atoms with van der Waals surface area (Å²) in [5.74, 6) is 0. The summed E-state index contributed by atoms with van der Waals surface area (Å²) in [6, 6.07) is 55.1. The van der Waals surface area contributed by atoms with E-state index in [0.717, 1.165) is 0 Å². The van der Waals surface area contributed by atoms with Gasteiger partial charge in [-0.15, -0.1) is 11.3 Å². The second-order valence-corrected chi connectivity index (χ2v) is 16.7. The van der Waals surface area contributed by atoms with E-state index < -0.39 is 0 Å². The molecule has 0 atom stereocenters. The van der Waals surface area contributed by atoms with E-state index in [-0.39, 0.29) is 10.8 Å². The van der Waals surface area contributed by atoms with Gasteiger partial charge in [-0.3, -0.25) is 0 Å². The van der Waals surface area contributed by atoms with Crippen LogP contribution in [0.5, 0.6) is 0 Å². The Morgan fingerprint density at radius 1 is 0.353 bits per heavy atom. The van der Waals surface area contributed by atoms with E-state index in [1.165, 1.54) is 108 Å². The molecule has 0 fully saturated rings. The lowest BCUT2D eigenvalue weighted by Gasteiger charge is -2.29. The first kappa shape index (κ1) is 29.3. The quantitative estimate of drug-likeness (QED) is 0.161. The van der Waals surface area contributed by atoms with Gasteiger partial charge in [0, 0.05) is 31.0 Å². The Balaban J connectivity index is 1.28. The summed E-state index contributed by atoms with van der Waals surface area (Å²) in [5, 5.41) is 7.90. The Hall–Kier alpha value is -5.50. The number of hydrogen-bond donors (Lipinski definition) is 0. The largest absolute Gasteiger partial charge is 0.135 e. The van der Waals surface area contributed by atoms with Gasteiger partial charge in [-0.05, 0) is 107 Å². The van der Waals surface area contributed by atoms with E-state index in [2.05, 4.69) is 173 Å². The molecule has 0 bridgehead atoms. The molecule has 0 amide bonds. The van der Waals surface area contributed by atoms with Crippen molar-refractivity contribution in [3.8, 4) is 44.5 Å². The molecule has 0 radical (unpaired) electrons. The fourth-order valence-corrected chi connectivity index (χ4v) is 11.1. The predicted molar refractivity (Wildman–Crippen MR) is 220 cm³/mol. The van der Waals surface area contributed by atoms with Crippen LogP contribution in [-0.2, 0) is 10.8 Å². The average molecular weight is 669 g/mol. The van der Waals surface area contributed by atoms with Crippen LogP contribution in [0, 0.1) is 0 Å². The Bertz CT molecular complexity index is 2910. The van der Waals surface area contributed by atoms with Gasteiger partial charge in [0.25, 0.3) is 0 Å². The minimum atomic E-state index is -0.176. The maximum atomic E-state index is 2.60. The van der Waals surface area contributed by atoms with Gasteiger partial charge in [-0.2, -0.15) is 0 Å². The molecule has 1 heteroatoms. The molecule has 0 nitrogen and oxygen atoms in total. The van der Waals surface area contributed by atoms with E-state index in [1.807, 2.05) is 11.3 Å². The van der Waals surface area contributed by atoms with Crippen LogP contribution in [0.25, 0.3) is 86.2 Å². The van der Waals surface area contributed by atoms with Crippen molar-refractivity contribution in [3.05, 3.63) is 168 Å². The molecule has 11 rings (SSSR count). The van der Waals surface area contributed by atoms with Crippen molar-refractivity contribution < 1.29 is 0 Å². The molecule has 2 aliphatic carbocycles. The second kappa shape index (κ2) is 10.1. The van der Waals surface area contributed by atoms with Crippen LogP contribution in [0.15, 0.2) is 146 Å². The highest BCUT2D eigenvalue weighted by molar-refractivity contribution is 7.25. The first-order valence-electron chi connectivity index (χ1n) is 18.1. The highest BCUT2D eigenvalue weighted by Crippen LogP contribution is 2.62. The smallest absolute Gasteiger partial charge is 0.0361 e. The van der Waals surface area contributed by atoms with Crippen molar-refractivity contribution in [2.24, 2.45) is 0 Å². The predicted octanol–water partition coefficient (Wildman–Crippen LogP) is 14.3. The summed E-state index contributed by atoms with van der Waals surface area (Å²) in [7, 11) is 0. The van der Waals surface area contributed by atoms with Crippen molar-refractivity contribution in [3.63, 3.8) is 0 Å². The molecule has 0 spiro atoms. The van der Waals surface area contributed by atoms with Crippen molar-refractivity contribution in [2.45, 2.75) is 38.5 Å². The van der Waals surface area contributed by atoms with Crippen molar-refractivity contribution in [1.82, 2.24) is 0 Å². The molecular formula is C50H36S. The molecule has 0 saturated carbocycles. The van der Waals surface area contributed by atoms with Crippen LogP contribution in [0.2, 0.25) is 0 Å². The molecule has 242 valence electrons. The Labute approximate surface area is 302 Å². The van der Waals surface area contributed by atoms with E-state index in [9.17, 15) is 0 Å². The minimum Gasteiger partial charge on any atom is -0.135 e. The lowest BCUT2D eigenvalue weighted by atomic mass is 9.74. The van der Waals surface area contributed by atoms with Gasteiger partial charge in [0.15, 0.2) is 0 Å². The molecule has 2 aliphatic rings. The summed E-state index contributed by atoms with van der Waals surface area (Å²) >= 11 is 1.89. The monoisotopic (exact) mass is 668 g/mol. The fourth-order valence-electron chi connectivity index (χ4n) is 9.95. The molecule has 9 aromatic rings. The Kier molecular flexibility index (Phi) is 5.77. The van der Waals surface area contributed by atoms with Gasteiger partial charge in [0.05, 0.1) is 0 Å². The first-order valence-corrected chi connectivity index (χ1v) is 18.9. The molecule has 51 heavy (non-hydrogen) atoms. The van der Waals surface area contributed by atoms with Crippen LogP contribution < -0.4 is 0 Å².